The van der Waals surface area contributed by atoms with Crippen LogP contribution in [0.15, 0.2) is 30.6 Å². The summed E-state index contributed by atoms with van der Waals surface area (Å²) in [6.07, 6.45) is 4.70. The summed E-state index contributed by atoms with van der Waals surface area (Å²) in [5, 5.41) is 5.44. The van der Waals surface area contributed by atoms with Crippen LogP contribution in [0, 0.1) is 11.6 Å². The molecule has 0 aliphatic heterocycles. The van der Waals surface area contributed by atoms with Gasteiger partial charge in [0.2, 0.25) is 5.95 Å². The third-order valence-electron chi connectivity index (χ3n) is 3.00. The Morgan fingerprint density at radius 2 is 1.90 bits per heavy atom. The molecule has 2 N–H and O–H groups in total. The molecule has 21 heavy (non-hydrogen) atoms. The van der Waals surface area contributed by atoms with Gasteiger partial charge in [-0.25, -0.2) is 18.7 Å². The molecule has 0 unspecified atom stereocenters. The average Bonchev–Trinajstić information content (AvgIpc) is 3.26. The molecule has 1 aliphatic rings. The van der Waals surface area contributed by atoms with E-state index >= 15 is 0 Å². The van der Waals surface area contributed by atoms with Crippen molar-refractivity contribution in [1.82, 2.24) is 15.3 Å². The van der Waals surface area contributed by atoms with E-state index in [-0.39, 0.29) is 23.6 Å². The Morgan fingerprint density at radius 1 is 1.19 bits per heavy atom. The number of hydrogen-bond donors (Lipinski definition) is 2. The van der Waals surface area contributed by atoms with Crippen molar-refractivity contribution >= 4 is 17.5 Å². The molecule has 1 aromatic carbocycles. The molecule has 108 valence electrons. The second-order valence-corrected chi connectivity index (χ2v) is 4.79. The van der Waals surface area contributed by atoms with Crippen molar-refractivity contribution < 1.29 is 13.6 Å². The minimum Gasteiger partial charge on any atom is -0.349 e. The molecular formula is C14H12F2N4O. The van der Waals surface area contributed by atoms with E-state index < -0.39 is 11.6 Å². The quantitative estimate of drug-likeness (QED) is 0.907. The molecule has 5 nitrogen and oxygen atoms in total. The molecule has 0 atom stereocenters. The van der Waals surface area contributed by atoms with E-state index in [0.29, 0.717) is 5.56 Å². The number of carbonyl (C=O) groups excluding carboxylic acids is 1. The summed E-state index contributed by atoms with van der Waals surface area (Å²) in [6.45, 7) is 0. The maximum absolute atomic E-state index is 13.5. The molecule has 1 aliphatic carbocycles. The standard InChI is InChI=1S/C14H12F2N4O/c15-9-1-4-12(11(16)5-9)20-14-17-6-8(7-18-14)13(21)19-10-2-3-10/h1,4-7,10H,2-3H2,(H,19,21)(H,17,18,20). The minimum absolute atomic E-state index is 0.0616. The molecule has 1 heterocycles. The molecule has 0 saturated heterocycles. The van der Waals surface area contributed by atoms with Crippen LogP contribution >= 0.6 is 0 Å². The third-order valence-corrected chi connectivity index (χ3v) is 3.00. The summed E-state index contributed by atoms with van der Waals surface area (Å²) in [4.78, 5) is 19.6. The molecule has 0 spiro atoms. The van der Waals surface area contributed by atoms with Gasteiger partial charge in [0.25, 0.3) is 5.91 Å². The van der Waals surface area contributed by atoms with Gasteiger partial charge >= 0.3 is 0 Å². The molecule has 2 aromatic rings. The van der Waals surface area contributed by atoms with Crippen molar-refractivity contribution in [3.05, 3.63) is 47.8 Å². The first kappa shape index (κ1) is 13.4. The molecule has 7 heteroatoms. The Bertz CT molecular complexity index is 671. The van der Waals surface area contributed by atoms with Crippen molar-refractivity contribution in [3.63, 3.8) is 0 Å². The lowest BCUT2D eigenvalue weighted by molar-refractivity contribution is 0.0950. The molecule has 3 rings (SSSR count). The normalized spacial score (nSPS) is 13.8. The average molecular weight is 290 g/mol. The molecule has 0 radical (unpaired) electrons. The zero-order chi connectivity index (χ0) is 14.8. The van der Waals surface area contributed by atoms with Crippen LogP contribution < -0.4 is 10.6 Å². The second-order valence-electron chi connectivity index (χ2n) is 4.79. The SMILES string of the molecule is O=C(NC1CC1)c1cnc(Nc2ccc(F)cc2F)nc1. The van der Waals surface area contributed by atoms with E-state index in [1.54, 1.807) is 0 Å². The van der Waals surface area contributed by atoms with Crippen LogP contribution in [0.25, 0.3) is 0 Å². The number of carbonyl (C=O) groups is 1. The number of anilines is 2. The lowest BCUT2D eigenvalue weighted by Crippen LogP contribution is -2.25. The number of aromatic nitrogens is 2. The summed E-state index contributed by atoms with van der Waals surface area (Å²) in [7, 11) is 0. The van der Waals surface area contributed by atoms with Gasteiger partial charge < -0.3 is 10.6 Å². The largest absolute Gasteiger partial charge is 0.349 e. The molecule has 1 saturated carbocycles. The van der Waals surface area contributed by atoms with Crippen LogP contribution in [0.4, 0.5) is 20.4 Å². The molecule has 1 aromatic heterocycles. The number of nitrogens with one attached hydrogen (secondary N) is 2. The van der Waals surface area contributed by atoms with Crippen molar-refractivity contribution in [1.29, 1.82) is 0 Å². The first-order valence-electron chi connectivity index (χ1n) is 6.47. The lowest BCUT2D eigenvalue weighted by Gasteiger charge is -2.07. The van der Waals surface area contributed by atoms with Gasteiger partial charge in [0.15, 0.2) is 0 Å². The Balaban J connectivity index is 1.70. The highest BCUT2D eigenvalue weighted by Gasteiger charge is 2.24. The first-order valence-corrected chi connectivity index (χ1v) is 6.47. The highest BCUT2D eigenvalue weighted by atomic mass is 19.1. The van der Waals surface area contributed by atoms with Gasteiger partial charge in [-0.15, -0.1) is 0 Å². The van der Waals surface area contributed by atoms with Crippen LogP contribution in [0.2, 0.25) is 0 Å². The van der Waals surface area contributed by atoms with E-state index in [1.165, 1.54) is 18.5 Å². The molecule has 1 fully saturated rings. The Labute approximate surface area is 119 Å². The van der Waals surface area contributed by atoms with Gasteiger partial charge in [-0.1, -0.05) is 0 Å². The van der Waals surface area contributed by atoms with Crippen LogP contribution in [0.5, 0.6) is 0 Å². The molecule has 0 bridgehead atoms. The van der Waals surface area contributed by atoms with Crippen molar-refractivity contribution in [2.45, 2.75) is 18.9 Å². The summed E-state index contributed by atoms with van der Waals surface area (Å²) < 4.78 is 26.3. The predicted octanol–water partition coefficient (Wildman–Crippen LogP) is 2.39. The predicted molar refractivity (Wildman–Crippen MR) is 72.2 cm³/mol. The van der Waals surface area contributed by atoms with Gasteiger partial charge in [0.1, 0.15) is 11.6 Å². The minimum atomic E-state index is -0.742. The van der Waals surface area contributed by atoms with Gasteiger partial charge in [0, 0.05) is 24.5 Å². The topological polar surface area (TPSA) is 66.9 Å². The van der Waals surface area contributed by atoms with Gasteiger partial charge in [0.05, 0.1) is 11.3 Å². The zero-order valence-corrected chi connectivity index (χ0v) is 10.9. The number of halogens is 2. The zero-order valence-electron chi connectivity index (χ0n) is 10.9. The second kappa shape index (κ2) is 5.43. The summed E-state index contributed by atoms with van der Waals surface area (Å²) in [5.41, 5.74) is 0.401. The van der Waals surface area contributed by atoms with Crippen molar-refractivity contribution in [2.75, 3.05) is 5.32 Å². The monoisotopic (exact) mass is 290 g/mol. The number of benzene rings is 1. The molecule has 1 amide bonds. The number of rotatable bonds is 4. The van der Waals surface area contributed by atoms with Crippen LogP contribution in [0.1, 0.15) is 23.2 Å². The number of nitrogens with zero attached hydrogens (tertiary/aromatic N) is 2. The highest BCUT2D eigenvalue weighted by molar-refractivity contribution is 5.94. The van der Waals surface area contributed by atoms with Gasteiger partial charge in [-0.2, -0.15) is 0 Å². The summed E-state index contributed by atoms with van der Waals surface area (Å²) >= 11 is 0. The fourth-order valence-electron chi connectivity index (χ4n) is 1.72. The molecular weight excluding hydrogens is 278 g/mol. The van der Waals surface area contributed by atoms with Crippen LogP contribution in [-0.2, 0) is 0 Å². The third kappa shape index (κ3) is 3.31. The highest BCUT2D eigenvalue weighted by Crippen LogP contribution is 2.20. The van der Waals surface area contributed by atoms with Crippen LogP contribution in [-0.4, -0.2) is 21.9 Å². The number of hydrogen-bond acceptors (Lipinski definition) is 4. The maximum Gasteiger partial charge on any atom is 0.254 e. The smallest absolute Gasteiger partial charge is 0.254 e. The number of amides is 1. The van der Waals surface area contributed by atoms with E-state index in [9.17, 15) is 13.6 Å². The summed E-state index contributed by atoms with van der Waals surface area (Å²) in [5.74, 6) is -1.50. The van der Waals surface area contributed by atoms with Crippen molar-refractivity contribution in [3.8, 4) is 0 Å². The van der Waals surface area contributed by atoms with Gasteiger partial charge in [-0.05, 0) is 25.0 Å². The van der Waals surface area contributed by atoms with Crippen LogP contribution in [0.3, 0.4) is 0 Å². The summed E-state index contributed by atoms with van der Waals surface area (Å²) in [6, 6.07) is 3.40. The van der Waals surface area contributed by atoms with E-state index in [1.807, 2.05) is 0 Å². The maximum atomic E-state index is 13.5. The Morgan fingerprint density at radius 3 is 2.52 bits per heavy atom. The Kier molecular flexibility index (Phi) is 3.47. The van der Waals surface area contributed by atoms with Crippen molar-refractivity contribution in [2.24, 2.45) is 0 Å². The van der Waals surface area contributed by atoms with E-state index in [4.69, 9.17) is 0 Å². The fourth-order valence-corrected chi connectivity index (χ4v) is 1.72. The fraction of sp³-hybridized carbons (Fsp3) is 0.214. The van der Waals surface area contributed by atoms with E-state index in [2.05, 4.69) is 20.6 Å². The van der Waals surface area contributed by atoms with Gasteiger partial charge in [-0.3, -0.25) is 4.79 Å². The first-order chi connectivity index (χ1) is 10.1. The Hall–Kier alpha value is -2.57. The lowest BCUT2D eigenvalue weighted by atomic mass is 10.3. The van der Waals surface area contributed by atoms with E-state index in [0.717, 1.165) is 25.0 Å².